The summed E-state index contributed by atoms with van der Waals surface area (Å²) in [5.74, 6) is 0.572. The van der Waals surface area contributed by atoms with Gasteiger partial charge in [0.25, 0.3) is 5.91 Å². The van der Waals surface area contributed by atoms with Crippen molar-refractivity contribution in [3.05, 3.63) is 58.6 Å². The van der Waals surface area contributed by atoms with Crippen molar-refractivity contribution in [2.24, 2.45) is 10.2 Å². The number of carbonyl (C=O) groups is 2. The molecule has 1 aliphatic heterocycles. The first-order chi connectivity index (χ1) is 14.0. The Balaban J connectivity index is 1.50. The van der Waals surface area contributed by atoms with Gasteiger partial charge in [-0.2, -0.15) is 10.2 Å². The van der Waals surface area contributed by atoms with Crippen molar-refractivity contribution in [3.63, 3.8) is 0 Å². The maximum Gasteiger partial charge on any atom is 0.277 e. The molecule has 0 saturated carbocycles. The lowest BCUT2D eigenvalue weighted by Gasteiger charge is -2.13. The van der Waals surface area contributed by atoms with Crippen LogP contribution in [0.25, 0.3) is 0 Å². The minimum atomic E-state index is -0.422. The highest BCUT2D eigenvalue weighted by molar-refractivity contribution is 6.32. The van der Waals surface area contributed by atoms with Gasteiger partial charge in [0.2, 0.25) is 5.91 Å². The number of benzene rings is 2. The Morgan fingerprint density at radius 2 is 2.07 bits per heavy atom. The number of methoxy groups -OCH3 is 1. The molecule has 0 radical (unpaired) electrons. The minimum Gasteiger partial charge on any atom is -0.497 e. The second kappa shape index (κ2) is 9.70. The average molecular weight is 415 g/mol. The molecule has 0 aromatic heterocycles. The van der Waals surface area contributed by atoms with Crippen LogP contribution in [-0.2, 0) is 9.59 Å². The van der Waals surface area contributed by atoms with Crippen molar-refractivity contribution in [3.8, 4) is 11.5 Å². The van der Waals surface area contributed by atoms with Crippen LogP contribution >= 0.6 is 11.6 Å². The molecule has 0 saturated heterocycles. The number of halogens is 1. The maximum absolute atomic E-state index is 11.9. The third-order valence-corrected chi connectivity index (χ3v) is 4.34. The molecule has 3 rings (SSSR count). The molecule has 29 heavy (non-hydrogen) atoms. The van der Waals surface area contributed by atoms with Crippen LogP contribution in [-0.4, -0.2) is 37.5 Å². The molecule has 0 unspecified atom stereocenters. The predicted molar refractivity (Wildman–Crippen MR) is 110 cm³/mol. The zero-order chi connectivity index (χ0) is 20.6. The summed E-state index contributed by atoms with van der Waals surface area (Å²) in [6, 6.07) is 12.3. The summed E-state index contributed by atoms with van der Waals surface area (Å²) in [6.45, 7) is -0.240. The molecule has 8 nitrogen and oxygen atoms in total. The fraction of sp³-hybridized carbons (Fsp3) is 0.200. The Hall–Kier alpha value is -3.39. The minimum absolute atomic E-state index is 0.111. The van der Waals surface area contributed by atoms with E-state index in [4.69, 9.17) is 21.1 Å². The molecule has 2 amide bonds. The van der Waals surface area contributed by atoms with Gasteiger partial charge in [0.05, 0.1) is 24.1 Å². The molecule has 0 atom stereocenters. The van der Waals surface area contributed by atoms with E-state index in [-0.39, 0.29) is 12.5 Å². The SMILES string of the molecule is COc1ccc(C=NNC(=O)COc2ccc(C3=NNC(=O)CC3)cc2Cl)cc1. The number of ether oxygens (including phenoxy) is 2. The Morgan fingerprint density at radius 1 is 1.28 bits per heavy atom. The lowest BCUT2D eigenvalue weighted by atomic mass is 10.0. The van der Waals surface area contributed by atoms with Gasteiger partial charge < -0.3 is 9.47 Å². The van der Waals surface area contributed by atoms with Crippen LogP contribution in [0.3, 0.4) is 0 Å². The highest BCUT2D eigenvalue weighted by Crippen LogP contribution is 2.26. The highest BCUT2D eigenvalue weighted by Gasteiger charge is 2.15. The van der Waals surface area contributed by atoms with Gasteiger partial charge in [-0.25, -0.2) is 10.9 Å². The Kier molecular flexibility index (Phi) is 6.80. The number of amides is 2. The summed E-state index contributed by atoms with van der Waals surface area (Å²) in [5, 5.41) is 8.25. The van der Waals surface area contributed by atoms with Crippen molar-refractivity contribution in [1.29, 1.82) is 0 Å². The molecule has 1 heterocycles. The molecular weight excluding hydrogens is 396 g/mol. The molecule has 0 bridgehead atoms. The van der Waals surface area contributed by atoms with E-state index < -0.39 is 5.91 Å². The number of hydrazone groups is 2. The first-order valence-corrected chi connectivity index (χ1v) is 9.17. The molecule has 2 aromatic carbocycles. The lowest BCUT2D eigenvalue weighted by Crippen LogP contribution is -2.26. The molecule has 1 aliphatic rings. The van der Waals surface area contributed by atoms with Crippen LogP contribution in [0.1, 0.15) is 24.0 Å². The molecular formula is C20H19ClN4O4. The monoisotopic (exact) mass is 414 g/mol. The second-order valence-corrected chi connectivity index (χ2v) is 6.50. The first-order valence-electron chi connectivity index (χ1n) is 8.79. The zero-order valence-corrected chi connectivity index (χ0v) is 16.4. The molecule has 0 spiro atoms. The highest BCUT2D eigenvalue weighted by atomic mass is 35.5. The number of hydrogen-bond donors (Lipinski definition) is 2. The zero-order valence-electron chi connectivity index (χ0n) is 15.6. The van der Waals surface area contributed by atoms with E-state index in [9.17, 15) is 9.59 Å². The van der Waals surface area contributed by atoms with Gasteiger partial charge >= 0.3 is 0 Å². The van der Waals surface area contributed by atoms with Crippen LogP contribution < -0.4 is 20.3 Å². The Labute approximate surface area is 172 Å². The smallest absolute Gasteiger partial charge is 0.277 e. The fourth-order valence-corrected chi connectivity index (χ4v) is 2.76. The van der Waals surface area contributed by atoms with E-state index in [2.05, 4.69) is 21.1 Å². The van der Waals surface area contributed by atoms with Crippen molar-refractivity contribution in [2.45, 2.75) is 12.8 Å². The first kappa shape index (κ1) is 20.3. The topological polar surface area (TPSA) is 101 Å². The van der Waals surface area contributed by atoms with Crippen molar-refractivity contribution < 1.29 is 19.1 Å². The van der Waals surface area contributed by atoms with E-state index in [1.54, 1.807) is 37.4 Å². The molecule has 9 heteroatoms. The Morgan fingerprint density at radius 3 is 2.72 bits per heavy atom. The van der Waals surface area contributed by atoms with Gasteiger partial charge in [0, 0.05) is 12.8 Å². The molecule has 0 fully saturated rings. The fourth-order valence-electron chi connectivity index (χ4n) is 2.52. The van der Waals surface area contributed by atoms with Crippen LogP contribution in [0.5, 0.6) is 11.5 Å². The molecule has 0 aliphatic carbocycles. The normalized spacial score (nSPS) is 13.6. The van der Waals surface area contributed by atoms with Crippen molar-refractivity contribution in [2.75, 3.05) is 13.7 Å². The largest absolute Gasteiger partial charge is 0.497 e. The maximum atomic E-state index is 11.9. The van der Waals surface area contributed by atoms with Crippen LogP contribution in [0.4, 0.5) is 0 Å². The van der Waals surface area contributed by atoms with Crippen LogP contribution in [0.2, 0.25) is 5.02 Å². The lowest BCUT2D eigenvalue weighted by molar-refractivity contribution is -0.123. The third kappa shape index (κ3) is 5.79. The van der Waals surface area contributed by atoms with Gasteiger partial charge in [0.1, 0.15) is 11.5 Å². The molecule has 2 aromatic rings. The second-order valence-electron chi connectivity index (χ2n) is 6.09. The van der Waals surface area contributed by atoms with Gasteiger partial charge in [-0.1, -0.05) is 11.6 Å². The number of rotatable bonds is 7. The summed E-state index contributed by atoms with van der Waals surface area (Å²) in [4.78, 5) is 23.1. The number of carbonyl (C=O) groups excluding carboxylic acids is 2. The number of nitrogens with zero attached hydrogens (tertiary/aromatic N) is 2. The predicted octanol–water partition coefficient (Wildman–Crippen LogP) is 2.49. The average Bonchev–Trinajstić information content (AvgIpc) is 2.74. The standard InChI is InChI=1S/C20H19ClN4O4/c1-28-15-5-2-13(3-6-15)11-22-24-20(27)12-29-18-8-4-14(10-16(18)21)17-7-9-19(26)25-23-17/h2-6,8,10-11H,7,9,12H2,1H3,(H,24,27)(H,25,26). The summed E-state index contributed by atoms with van der Waals surface area (Å²) < 4.78 is 10.5. The van der Waals surface area contributed by atoms with Gasteiger partial charge in [-0.05, 0) is 53.6 Å². The third-order valence-electron chi connectivity index (χ3n) is 4.05. The van der Waals surface area contributed by atoms with E-state index in [0.29, 0.717) is 23.6 Å². The van der Waals surface area contributed by atoms with Gasteiger partial charge in [0.15, 0.2) is 6.61 Å². The summed E-state index contributed by atoms with van der Waals surface area (Å²) in [7, 11) is 1.59. The summed E-state index contributed by atoms with van der Waals surface area (Å²) in [6.07, 6.45) is 2.44. The van der Waals surface area contributed by atoms with E-state index in [1.807, 2.05) is 12.1 Å². The van der Waals surface area contributed by atoms with E-state index in [0.717, 1.165) is 22.6 Å². The Bertz CT molecular complexity index is 957. The van der Waals surface area contributed by atoms with Gasteiger partial charge in [-0.15, -0.1) is 0 Å². The summed E-state index contributed by atoms with van der Waals surface area (Å²) >= 11 is 6.23. The molecule has 2 N–H and O–H groups in total. The summed E-state index contributed by atoms with van der Waals surface area (Å²) in [5.41, 5.74) is 7.17. The number of hydrogen-bond acceptors (Lipinski definition) is 6. The quantitative estimate of drug-likeness (QED) is 0.536. The molecule has 150 valence electrons. The van der Waals surface area contributed by atoms with E-state index >= 15 is 0 Å². The van der Waals surface area contributed by atoms with Crippen LogP contribution in [0, 0.1) is 0 Å². The van der Waals surface area contributed by atoms with Crippen LogP contribution in [0.15, 0.2) is 52.7 Å². The van der Waals surface area contributed by atoms with E-state index in [1.165, 1.54) is 6.21 Å². The number of nitrogens with one attached hydrogen (secondary N) is 2. The van der Waals surface area contributed by atoms with Crippen molar-refractivity contribution >= 4 is 35.3 Å². The van der Waals surface area contributed by atoms with Gasteiger partial charge in [-0.3, -0.25) is 9.59 Å². The van der Waals surface area contributed by atoms with Crippen molar-refractivity contribution in [1.82, 2.24) is 10.9 Å².